The van der Waals surface area contributed by atoms with Gasteiger partial charge in [0.05, 0.1) is 5.92 Å². The first kappa shape index (κ1) is 14.9. The maximum absolute atomic E-state index is 12.1. The Morgan fingerprint density at radius 1 is 1.40 bits per heavy atom. The van der Waals surface area contributed by atoms with Gasteiger partial charge in [0.25, 0.3) is 0 Å². The Morgan fingerprint density at radius 2 is 2.10 bits per heavy atom. The molecule has 108 valence electrons. The predicted octanol–water partition coefficient (Wildman–Crippen LogP) is 1.89. The fourth-order valence-electron chi connectivity index (χ4n) is 2.33. The number of nitrogens with one attached hydrogen (secondary N) is 1. The van der Waals surface area contributed by atoms with Gasteiger partial charge in [-0.05, 0) is 30.9 Å². The normalized spacial score (nSPS) is 18.4. The number of benzene rings is 1. The molecule has 0 unspecified atom stereocenters. The standard InChI is InChI=1S/C15H20N2O2S/c1-3-17-10-12(8-14(17)18)15(19)16-9-11-4-6-13(20-2)7-5-11/h4-7,12H,3,8-10H2,1-2H3,(H,16,19)/t12-/m1/s1. The van der Waals surface area contributed by atoms with Crippen molar-refractivity contribution in [2.75, 3.05) is 19.3 Å². The lowest BCUT2D eigenvalue weighted by atomic mass is 10.1. The molecule has 1 aromatic rings. The first-order valence-corrected chi connectivity index (χ1v) is 8.05. The topological polar surface area (TPSA) is 49.4 Å². The fraction of sp³-hybridized carbons (Fsp3) is 0.467. The van der Waals surface area contributed by atoms with Gasteiger partial charge in [0.1, 0.15) is 0 Å². The number of rotatable bonds is 5. The molecule has 0 aromatic heterocycles. The van der Waals surface area contributed by atoms with Gasteiger partial charge in [0, 0.05) is 31.0 Å². The molecule has 1 aliphatic rings. The van der Waals surface area contributed by atoms with Crippen molar-refractivity contribution < 1.29 is 9.59 Å². The molecule has 0 radical (unpaired) electrons. The molecule has 5 heteroatoms. The first-order chi connectivity index (χ1) is 9.63. The summed E-state index contributed by atoms with van der Waals surface area (Å²) in [6.45, 7) is 3.68. The molecular weight excluding hydrogens is 272 g/mol. The number of carbonyl (C=O) groups excluding carboxylic acids is 2. The van der Waals surface area contributed by atoms with E-state index in [4.69, 9.17) is 0 Å². The molecule has 0 saturated carbocycles. The van der Waals surface area contributed by atoms with Crippen LogP contribution in [0.2, 0.25) is 0 Å². The smallest absolute Gasteiger partial charge is 0.225 e. The van der Waals surface area contributed by atoms with E-state index in [9.17, 15) is 9.59 Å². The molecule has 1 N–H and O–H groups in total. The van der Waals surface area contributed by atoms with E-state index in [0.29, 0.717) is 26.1 Å². The van der Waals surface area contributed by atoms with Gasteiger partial charge in [-0.1, -0.05) is 12.1 Å². The highest BCUT2D eigenvalue weighted by Crippen LogP contribution is 2.18. The monoisotopic (exact) mass is 292 g/mol. The maximum Gasteiger partial charge on any atom is 0.225 e. The molecule has 1 aliphatic heterocycles. The third-order valence-electron chi connectivity index (χ3n) is 3.59. The lowest BCUT2D eigenvalue weighted by Crippen LogP contribution is -2.32. The summed E-state index contributed by atoms with van der Waals surface area (Å²) in [4.78, 5) is 26.6. The summed E-state index contributed by atoms with van der Waals surface area (Å²) in [6.07, 6.45) is 2.37. The Balaban J connectivity index is 1.84. The molecule has 2 amide bonds. The molecule has 1 heterocycles. The van der Waals surface area contributed by atoms with Crippen LogP contribution in [0.1, 0.15) is 18.9 Å². The van der Waals surface area contributed by atoms with E-state index < -0.39 is 0 Å². The van der Waals surface area contributed by atoms with Gasteiger partial charge < -0.3 is 10.2 Å². The van der Waals surface area contributed by atoms with E-state index in [1.54, 1.807) is 16.7 Å². The number of amides is 2. The Hall–Kier alpha value is -1.49. The number of hydrogen-bond donors (Lipinski definition) is 1. The highest BCUT2D eigenvalue weighted by Gasteiger charge is 2.33. The quantitative estimate of drug-likeness (QED) is 0.843. The predicted molar refractivity (Wildman–Crippen MR) is 80.4 cm³/mol. The number of hydrogen-bond acceptors (Lipinski definition) is 3. The summed E-state index contributed by atoms with van der Waals surface area (Å²) in [5.41, 5.74) is 1.08. The average molecular weight is 292 g/mol. The van der Waals surface area contributed by atoms with E-state index in [-0.39, 0.29) is 17.7 Å². The van der Waals surface area contributed by atoms with Crippen LogP contribution in [0.25, 0.3) is 0 Å². The summed E-state index contributed by atoms with van der Waals surface area (Å²) in [5, 5.41) is 2.92. The van der Waals surface area contributed by atoms with E-state index in [0.717, 1.165) is 5.56 Å². The van der Waals surface area contributed by atoms with Gasteiger partial charge in [-0.25, -0.2) is 0 Å². The van der Waals surface area contributed by atoms with Crippen LogP contribution < -0.4 is 5.32 Å². The van der Waals surface area contributed by atoms with Gasteiger partial charge in [0.15, 0.2) is 0 Å². The van der Waals surface area contributed by atoms with Crippen molar-refractivity contribution in [2.45, 2.75) is 24.8 Å². The maximum atomic E-state index is 12.1. The van der Waals surface area contributed by atoms with E-state index in [1.165, 1.54) is 4.90 Å². The average Bonchev–Trinajstić information content (AvgIpc) is 2.86. The van der Waals surface area contributed by atoms with Gasteiger partial charge in [0.2, 0.25) is 11.8 Å². The van der Waals surface area contributed by atoms with Crippen LogP contribution in [-0.4, -0.2) is 36.1 Å². The molecule has 0 bridgehead atoms. The van der Waals surface area contributed by atoms with Crippen molar-refractivity contribution in [2.24, 2.45) is 5.92 Å². The molecule has 4 nitrogen and oxygen atoms in total. The van der Waals surface area contributed by atoms with Crippen molar-refractivity contribution in [1.29, 1.82) is 0 Å². The zero-order valence-electron chi connectivity index (χ0n) is 11.9. The van der Waals surface area contributed by atoms with E-state index in [2.05, 4.69) is 5.32 Å². The second-order valence-corrected chi connectivity index (χ2v) is 5.78. The van der Waals surface area contributed by atoms with Crippen molar-refractivity contribution in [3.63, 3.8) is 0 Å². The minimum Gasteiger partial charge on any atom is -0.352 e. The summed E-state index contributed by atoms with van der Waals surface area (Å²) < 4.78 is 0. The van der Waals surface area contributed by atoms with Gasteiger partial charge in [-0.3, -0.25) is 9.59 Å². The molecule has 1 saturated heterocycles. The third-order valence-corrected chi connectivity index (χ3v) is 4.34. The van der Waals surface area contributed by atoms with Crippen molar-refractivity contribution in [3.05, 3.63) is 29.8 Å². The molecule has 1 atom stereocenters. The summed E-state index contributed by atoms with van der Waals surface area (Å²) in [6, 6.07) is 8.13. The second kappa shape index (κ2) is 6.79. The molecule has 1 aromatic carbocycles. The van der Waals surface area contributed by atoms with Crippen molar-refractivity contribution in [1.82, 2.24) is 10.2 Å². The minimum atomic E-state index is -0.201. The summed E-state index contributed by atoms with van der Waals surface area (Å²) in [5.74, 6) is -0.145. The highest BCUT2D eigenvalue weighted by atomic mass is 32.2. The molecule has 20 heavy (non-hydrogen) atoms. The lowest BCUT2D eigenvalue weighted by molar-refractivity contribution is -0.128. The lowest BCUT2D eigenvalue weighted by Gasteiger charge is -2.13. The minimum absolute atomic E-state index is 0.0248. The Bertz CT molecular complexity index is 487. The SMILES string of the molecule is CCN1C[C@H](C(=O)NCc2ccc(SC)cc2)CC1=O. The third kappa shape index (κ3) is 3.54. The zero-order valence-corrected chi connectivity index (χ0v) is 12.7. The first-order valence-electron chi connectivity index (χ1n) is 6.82. The van der Waals surface area contributed by atoms with Crippen LogP contribution in [0.3, 0.4) is 0 Å². The molecule has 0 aliphatic carbocycles. The second-order valence-electron chi connectivity index (χ2n) is 4.90. The van der Waals surface area contributed by atoms with Crippen LogP contribution in [0.5, 0.6) is 0 Å². The van der Waals surface area contributed by atoms with Crippen LogP contribution in [0, 0.1) is 5.92 Å². The Morgan fingerprint density at radius 3 is 2.65 bits per heavy atom. The van der Waals surface area contributed by atoms with Crippen LogP contribution in [-0.2, 0) is 16.1 Å². The Kier molecular flexibility index (Phi) is 5.06. The van der Waals surface area contributed by atoms with Gasteiger partial charge in [-0.15, -0.1) is 11.8 Å². The highest BCUT2D eigenvalue weighted by molar-refractivity contribution is 7.98. The summed E-state index contributed by atoms with van der Waals surface area (Å²) >= 11 is 1.69. The van der Waals surface area contributed by atoms with Gasteiger partial charge >= 0.3 is 0 Å². The largest absolute Gasteiger partial charge is 0.352 e. The Labute approximate surface area is 123 Å². The van der Waals surface area contributed by atoms with Crippen LogP contribution in [0.15, 0.2) is 29.2 Å². The number of nitrogens with zero attached hydrogens (tertiary/aromatic N) is 1. The van der Waals surface area contributed by atoms with Crippen LogP contribution in [0.4, 0.5) is 0 Å². The zero-order chi connectivity index (χ0) is 14.5. The molecular formula is C15H20N2O2S. The van der Waals surface area contributed by atoms with Crippen molar-refractivity contribution >= 4 is 23.6 Å². The summed E-state index contributed by atoms with van der Waals surface area (Å²) in [7, 11) is 0. The van der Waals surface area contributed by atoms with Gasteiger partial charge in [-0.2, -0.15) is 0 Å². The molecule has 2 rings (SSSR count). The fourth-order valence-corrected chi connectivity index (χ4v) is 2.74. The molecule has 0 spiro atoms. The number of likely N-dealkylation sites (tertiary alicyclic amines) is 1. The van der Waals surface area contributed by atoms with E-state index >= 15 is 0 Å². The van der Waals surface area contributed by atoms with Crippen molar-refractivity contribution in [3.8, 4) is 0 Å². The number of carbonyl (C=O) groups is 2. The number of thioether (sulfide) groups is 1. The van der Waals surface area contributed by atoms with E-state index in [1.807, 2.05) is 37.4 Å². The van der Waals surface area contributed by atoms with Crippen LogP contribution >= 0.6 is 11.8 Å². The molecule has 1 fully saturated rings.